The topological polar surface area (TPSA) is 51.2 Å². The first-order chi connectivity index (χ1) is 9.33. The van der Waals surface area contributed by atoms with E-state index in [0.29, 0.717) is 13.2 Å². The number of carbonyl (C=O) groups excluding carboxylic acids is 1. The first-order valence-corrected chi connectivity index (χ1v) is 8.02. The largest absolute Gasteiger partial charge is 0.381 e. The van der Waals surface area contributed by atoms with Crippen molar-refractivity contribution in [2.45, 2.75) is 44.9 Å². The third kappa shape index (κ3) is 3.15. The lowest BCUT2D eigenvalue weighted by Gasteiger charge is -2.06. The van der Waals surface area contributed by atoms with Crippen LogP contribution in [0.15, 0.2) is 0 Å². The molecule has 1 aliphatic heterocycles. The van der Waals surface area contributed by atoms with Crippen molar-refractivity contribution in [1.82, 2.24) is 4.98 Å². The number of fused-ring (bicyclic) bond motifs is 1. The minimum atomic E-state index is 0.00600. The Morgan fingerprint density at radius 3 is 2.89 bits per heavy atom. The normalized spacial score (nSPS) is 23.5. The van der Waals surface area contributed by atoms with Gasteiger partial charge in [0.1, 0.15) is 0 Å². The van der Waals surface area contributed by atoms with Crippen LogP contribution in [-0.4, -0.2) is 24.1 Å². The number of aryl methyl sites for hydroxylation is 2. The van der Waals surface area contributed by atoms with E-state index in [9.17, 15) is 4.79 Å². The molecule has 5 heteroatoms. The fourth-order valence-electron chi connectivity index (χ4n) is 2.71. The van der Waals surface area contributed by atoms with Gasteiger partial charge in [0.05, 0.1) is 18.2 Å². The highest BCUT2D eigenvalue weighted by Gasteiger charge is 2.24. The van der Waals surface area contributed by atoms with E-state index >= 15 is 0 Å². The number of aromatic nitrogens is 1. The van der Waals surface area contributed by atoms with E-state index in [0.717, 1.165) is 24.4 Å². The highest BCUT2D eigenvalue weighted by atomic mass is 32.1. The molecular weight excluding hydrogens is 260 g/mol. The van der Waals surface area contributed by atoms with Crippen LogP contribution in [0.1, 0.15) is 42.7 Å². The van der Waals surface area contributed by atoms with Crippen LogP contribution in [0, 0.1) is 5.92 Å². The quantitative estimate of drug-likeness (QED) is 0.906. The Morgan fingerprint density at radius 1 is 1.26 bits per heavy atom. The molecule has 1 aliphatic carbocycles. The SMILES string of the molecule is O=C(Nc1nc2c(s1)CCCCCC2)C1CCOC1. The predicted octanol–water partition coefficient (Wildman–Crippen LogP) is 2.78. The second kappa shape index (κ2) is 6.01. The number of hydrogen-bond acceptors (Lipinski definition) is 4. The molecule has 1 aromatic rings. The number of thiazole rings is 1. The monoisotopic (exact) mass is 280 g/mol. The van der Waals surface area contributed by atoms with Crippen molar-refractivity contribution >= 4 is 22.4 Å². The van der Waals surface area contributed by atoms with Crippen LogP contribution >= 0.6 is 11.3 Å². The maximum Gasteiger partial charge on any atom is 0.231 e. The lowest BCUT2D eigenvalue weighted by atomic mass is 10.0. The fourth-order valence-corrected chi connectivity index (χ4v) is 3.76. The Morgan fingerprint density at radius 2 is 2.11 bits per heavy atom. The van der Waals surface area contributed by atoms with Crippen molar-refractivity contribution in [3.63, 3.8) is 0 Å². The molecule has 104 valence electrons. The maximum absolute atomic E-state index is 12.0. The summed E-state index contributed by atoms with van der Waals surface area (Å²) in [4.78, 5) is 18.0. The standard InChI is InChI=1S/C14H20N2O2S/c17-13(10-7-8-18-9-10)16-14-15-11-5-3-1-2-4-6-12(11)19-14/h10H,1-9H2,(H,15,16,17). The van der Waals surface area contributed by atoms with Crippen molar-refractivity contribution in [2.75, 3.05) is 18.5 Å². The molecule has 19 heavy (non-hydrogen) atoms. The van der Waals surface area contributed by atoms with Gasteiger partial charge >= 0.3 is 0 Å². The van der Waals surface area contributed by atoms with Gasteiger partial charge in [0.25, 0.3) is 0 Å². The summed E-state index contributed by atoms with van der Waals surface area (Å²) in [7, 11) is 0. The Hall–Kier alpha value is -0.940. The van der Waals surface area contributed by atoms with Crippen LogP contribution in [-0.2, 0) is 22.4 Å². The van der Waals surface area contributed by atoms with E-state index in [2.05, 4.69) is 10.3 Å². The predicted molar refractivity (Wildman–Crippen MR) is 75.5 cm³/mol. The van der Waals surface area contributed by atoms with E-state index in [1.165, 1.54) is 36.3 Å². The molecule has 1 amide bonds. The van der Waals surface area contributed by atoms with Crippen LogP contribution < -0.4 is 5.32 Å². The molecule has 4 nitrogen and oxygen atoms in total. The molecule has 1 saturated heterocycles. The van der Waals surface area contributed by atoms with Crippen molar-refractivity contribution < 1.29 is 9.53 Å². The molecule has 1 N–H and O–H groups in total. The molecule has 1 unspecified atom stereocenters. The van der Waals surface area contributed by atoms with E-state index < -0.39 is 0 Å². The summed E-state index contributed by atoms with van der Waals surface area (Å²) in [6, 6.07) is 0. The Kier molecular flexibility index (Phi) is 4.13. The van der Waals surface area contributed by atoms with Gasteiger partial charge in [-0.25, -0.2) is 4.98 Å². The second-order valence-electron chi connectivity index (χ2n) is 5.35. The first-order valence-electron chi connectivity index (χ1n) is 7.20. The number of amides is 1. The number of ether oxygens (including phenoxy) is 1. The van der Waals surface area contributed by atoms with Crippen LogP contribution in [0.4, 0.5) is 5.13 Å². The van der Waals surface area contributed by atoms with Gasteiger partial charge in [-0.1, -0.05) is 12.8 Å². The third-order valence-electron chi connectivity index (χ3n) is 3.88. The van der Waals surface area contributed by atoms with Crippen LogP contribution in [0.25, 0.3) is 0 Å². The summed E-state index contributed by atoms with van der Waals surface area (Å²) in [5.74, 6) is 0.0747. The Labute approximate surface area is 117 Å². The van der Waals surface area contributed by atoms with Gasteiger partial charge in [-0.2, -0.15) is 0 Å². The van der Waals surface area contributed by atoms with Gasteiger partial charge in [0, 0.05) is 11.5 Å². The van der Waals surface area contributed by atoms with E-state index in [4.69, 9.17) is 4.74 Å². The highest BCUT2D eigenvalue weighted by Crippen LogP contribution is 2.29. The minimum Gasteiger partial charge on any atom is -0.381 e. The Bertz CT molecular complexity index is 427. The highest BCUT2D eigenvalue weighted by molar-refractivity contribution is 7.15. The summed E-state index contributed by atoms with van der Waals surface area (Å²) in [6.45, 7) is 1.25. The van der Waals surface area contributed by atoms with E-state index in [-0.39, 0.29) is 11.8 Å². The van der Waals surface area contributed by atoms with Crippen LogP contribution in [0.2, 0.25) is 0 Å². The zero-order valence-corrected chi connectivity index (χ0v) is 11.9. The van der Waals surface area contributed by atoms with Gasteiger partial charge in [-0.05, 0) is 32.1 Å². The van der Waals surface area contributed by atoms with Gasteiger partial charge < -0.3 is 10.1 Å². The molecule has 1 atom stereocenters. The molecule has 0 radical (unpaired) electrons. The van der Waals surface area contributed by atoms with Crippen molar-refractivity contribution in [2.24, 2.45) is 5.92 Å². The summed E-state index contributed by atoms with van der Waals surface area (Å²) in [6.07, 6.45) is 8.11. The molecule has 1 fully saturated rings. The number of anilines is 1. The molecule has 0 bridgehead atoms. The number of nitrogens with one attached hydrogen (secondary N) is 1. The molecule has 1 aromatic heterocycles. The van der Waals surface area contributed by atoms with Gasteiger partial charge in [-0.3, -0.25) is 4.79 Å². The molecule has 3 rings (SSSR count). The van der Waals surface area contributed by atoms with E-state index in [1.807, 2.05) is 0 Å². The smallest absolute Gasteiger partial charge is 0.231 e. The number of rotatable bonds is 2. The lowest BCUT2D eigenvalue weighted by Crippen LogP contribution is -2.22. The van der Waals surface area contributed by atoms with Gasteiger partial charge in [0.15, 0.2) is 5.13 Å². The molecule has 2 heterocycles. The minimum absolute atomic E-state index is 0.00600. The zero-order chi connectivity index (χ0) is 13.1. The van der Waals surface area contributed by atoms with Crippen molar-refractivity contribution in [3.05, 3.63) is 10.6 Å². The van der Waals surface area contributed by atoms with Crippen LogP contribution in [0.5, 0.6) is 0 Å². The third-order valence-corrected chi connectivity index (χ3v) is 4.95. The van der Waals surface area contributed by atoms with Crippen molar-refractivity contribution in [1.29, 1.82) is 0 Å². The summed E-state index contributed by atoms with van der Waals surface area (Å²) < 4.78 is 5.25. The number of nitrogens with zero attached hydrogens (tertiary/aromatic N) is 1. The number of hydrogen-bond donors (Lipinski definition) is 1. The molecule has 0 saturated carbocycles. The van der Waals surface area contributed by atoms with E-state index in [1.54, 1.807) is 11.3 Å². The maximum atomic E-state index is 12.0. The van der Waals surface area contributed by atoms with Crippen molar-refractivity contribution in [3.8, 4) is 0 Å². The summed E-state index contributed by atoms with van der Waals surface area (Å²) in [5.41, 5.74) is 1.21. The van der Waals surface area contributed by atoms with Gasteiger partial charge in [0.2, 0.25) is 5.91 Å². The summed E-state index contributed by atoms with van der Waals surface area (Å²) in [5, 5.41) is 3.75. The average Bonchev–Trinajstić information content (AvgIpc) is 3.00. The molecular formula is C14H20N2O2S. The van der Waals surface area contributed by atoms with Gasteiger partial charge in [-0.15, -0.1) is 11.3 Å². The van der Waals surface area contributed by atoms with Crippen LogP contribution in [0.3, 0.4) is 0 Å². The lowest BCUT2D eigenvalue weighted by molar-refractivity contribution is -0.119. The Balaban J connectivity index is 1.67. The second-order valence-corrected chi connectivity index (χ2v) is 6.44. The zero-order valence-electron chi connectivity index (χ0n) is 11.1. The molecule has 2 aliphatic rings. The summed E-state index contributed by atoms with van der Waals surface area (Å²) >= 11 is 1.66. The molecule has 0 spiro atoms. The molecule has 0 aromatic carbocycles. The average molecular weight is 280 g/mol. The number of carbonyl (C=O) groups is 1. The fraction of sp³-hybridized carbons (Fsp3) is 0.714. The first kappa shape index (κ1) is 13.1.